The van der Waals surface area contributed by atoms with Crippen LogP contribution in [-0.4, -0.2) is 17.9 Å². The first kappa shape index (κ1) is 20.7. The van der Waals surface area contributed by atoms with Crippen LogP contribution in [0.4, 0.5) is 0 Å². The molecule has 27 heavy (non-hydrogen) atoms. The highest BCUT2D eigenvalue weighted by Gasteiger charge is 2.26. The maximum absolute atomic E-state index is 12.9. The number of amides is 2. The summed E-state index contributed by atoms with van der Waals surface area (Å²) < 4.78 is 0. The van der Waals surface area contributed by atoms with Gasteiger partial charge in [-0.1, -0.05) is 55.3 Å². The molecule has 2 atom stereocenters. The number of carbonyl (C=O) groups excluding carboxylic acids is 2. The Hall–Kier alpha value is -2.62. The van der Waals surface area contributed by atoms with Crippen LogP contribution in [0.1, 0.15) is 59.4 Å². The van der Waals surface area contributed by atoms with E-state index >= 15 is 0 Å². The van der Waals surface area contributed by atoms with Crippen LogP contribution in [0.5, 0.6) is 0 Å². The number of rotatable bonds is 6. The Morgan fingerprint density at radius 2 is 1.52 bits per heavy atom. The van der Waals surface area contributed by atoms with Crippen LogP contribution in [0.15, 0.2) is 42.5 Å². The normalized spacial score (nSPS) is 13.1. The molecule has 0 radical (unpaired) electrons. The molecule has 2 amide bonds. The van der Waals surface area contributed by atoms with Crippen LogP contribution in [-0.2, 0) is 4.79 Å². The van der Waals surface area contributed by atoms with E-state index in [1.165, 1.54) is 0 Å². The zero-order chi connectivity index (χ0) is 20.1. The molecule has 0 unspecified atom stereocenters. The molecule has 4 heteroatoms. The fourth-order valence-electron chi connectivity index (χ4n) is 3.15. The average Bonchev–Trinajstić information content (AvgIpc) is 2.60. The number of benzene rings is 2. The van der Waals surface area contributed by atoms with Gasteiger partial charge in [-0.2, -0.15) is 0 Å². The first-order valence-corrected chi connectivity index (χ1v) is 9.44. The highest BCUT2D eigenvalue weighted by atomic mass is 16.2. The number of aryl methyl sites for hydroxylation is 3. The lowest BCUT2D eigenvalue weighted by molar-refractivity contribution is -0.124. The van der Waals surface area contributed by atoms with Gasteiger partial charge in [-0.05, 0) is 56.9 Å². The first-order chi connectivity index (χ1) is 12.7. The molecule has 2 N–H and O–H groups in total. The summed E-state index contributed by atoms with van der Waals surface area (Å²) >= 11 is 0. The zero-order valence-corrected chi connectivity index (χ0v) is 17.1. The Morgan fingerprint density at radius 1 is 0.852 bits per heavy atom. The molecular formula is C23H30N2O2. The van der Waals surface area contributed by atoms with Gasteiger partial charge >= 0.3 is 0 Å². The van der Waals surface area contributed by atoms with Gasteiger partial charge in [0.15, 0.2) is 0 Å². The van der Waals surface area contributed by atoms with Crippen molar-refractivity contribution in [1.82, 2.24) is 10.6 Å². The molecular weight excluding hydrogens is 336 g/mol. The maximum atomic E-state index is 12.9. The van der Waals surface area contributed by atoms with E-state index in [0.717, 1.165) is 22.3 Å². The van der Waals surface area contributed by atoms with Crippen molar-refractivity contribution in [2.24, 2.45) is 5.92 Å². The third kappa shape index (κ3) is 5.43. The van der Waals surface area contributed by atoms with Gasteiger partial charge in [0.1, 0.15) is 6.04 Å². The van der Waals surface area contributed by atoms with Crippen molar-refractivity contribution in [3.63, 3.8) is 0 Å². The second kappa shape index (κ2) is 8.85. The number of hydrogen-bond acceptors (Lipinski definition) is 2. The molecule has 4 nitrogen and oxygen atoms in total. The quantitative estimate of drug-likeness (QED) is 0.803. The lowest BCUT2D eigenvalue weighted by atomic mass is 9.98. The van der Waals surface area contributed by atoms with Crippen molar-refractivity contribution < 1.29 is 9.59 Å². The number of nitrogens with one attached hydrogen (secondary N) is 2. The molecule has 0 aliphatic carbocycles. The van der Waals surface area contributed by atoms with Gasteiger partial charge in [0.05, 0.1) is 6.04 Å². The summed E-state index contributed by atoms with van der Waals surface area (Å²) in [6, 6.07) is 12.9. The number of hydrogen-bond donors (Lipinski definition) is 2. The summed E-state index contributed by atoms with van der Waals surface area (Å²) in [6.45, 7) is 11.9. The minimum atomic E-state index is -0.592. The molecule has 0 saturated carbocycles. The van der Waals surface area contributed by atoms with Gasteiger partial charge in [0.25, 0.3) is 5.91 Å². The van der Waals surface area contributed by atoms with E-state index in [9.17, 15) is 9.59 Å². The smallest absolute Gasteiger partial charge is 0.251 e. The Morgan fingerprint density at radius 3 is 2.15 bits per heavy atom. The summed E-state index contributed by atoms with van der Waals surface area (Å²) in [5.74, 6) is -0.420. The highest BCUT2D eigenvalue weighted by Crippen LogP contribution is 2.19. The lowest BCUT2D eigenvalue weighted by Gasteiger charge is -2.25. The Balaban J connectivity index is 2.12. The summed E-state index contributed by atoms with van der Waals surface area (Å²) in [5.41, 5.74) is 4.96. The third-order valence-electron chi connectivity index (χ3n) is 4.78. The van der Waals surface area contributed by atoms with Crippen LogP contribution in [0.3, 0.4) is 0 Å². The molecule has 0 aliphatic heterocycles. The maximum Gasteiger partial charge on any atom is 0.251 e. The van der Waals surface area contributed by atoms with Crippen molar-refractivity contribution in [2.75, 3.05) is 0 Å². The Labute approximate surface area is 162 Å². The molecule has 0 aromatic heterocycles. The van der Waals surface area contributed by atoms with E-state index in [1.807, 2.05) is 59.7 Å². The van der Waals surface area contributed by atoms with Crippen LogP contribution < -0.4 is 10.6 Å². The SMILES string of the molecule is Cc1cccc(C(=O)N[C@H](C(=O)N[C@H](C)c2cc(C)ccc2C)C(C)C)c1. The van der Waals surface area contributed by atoms with Gasteiger partial charge in [-0.25, -0.2) is 0 Å². The molecule has 0 bridgehead atoms. The second-order valence-electron chi connectivity index (χ2n) is 7.65. The first-order valence-electron chi connectivity index (χ1n) is 9.44. The van der Waals surface area contributed by atoms with Gasteiger partial charge in [-0.15, -0.1) is 0 Å². The van der Waals surface area contributed by atoms with Crippen LogP contribution >= 0.6 is 0 Å². The largest absolute Gasteiger partial charge is 0.348 e. The van der Waals surface area contributed by atoms with Crippen molar-refractivity contribution >= 4 is 11.8 Å². The zero-order valence-electron chi connectivity index (χ0n) is 17.1. The Kier molecular flexibility index (Phi) is 6.78. The predicted octanol–water partition coefficient (Wildman–Crippen LogP) is 4.24. The van der Waals surface area contributed by atoms with E-state index in [1.54, 1.807) is 6.07 Å². The van der Waals surface area contributed by atoms with E-state index < -0.39 is 6.04 Å². The van der Waals surface area contributed by atoms with Gasteiger partial charge in [0, 0.05) is 5.56 Å². The van der Waals surface area contributed by atoms with Gasteiger partial charge < -0.3 is 10.6 Å². The standard InChI is InChI=1S/C23H30N2O2/c1-14(2)21(25-22(26)19-9-7-8-15(3)12-19)23(27)24-18(6)20-13-16(4)10-11-17(20)5/h7-14,18,21H,1-6H3,(H,24,27)(H,25,26)/t18-,21+/m1/s1. The fraction of sp³-hybridized carbons (Fsp3) is 0.391. The molecule has 0 heterocycles. The van der Waals surface area contributed by atoms with Crippen molar-refractivity contribution in [2.45, 2.75) is 53.6 Å². The van der Waals surface area contributed by atoms with Crippen LogP contribution in [0, 0.1) is 26.7 Å². The van der Waals surface area contributed by atoms with Crippen LogP contribution in [0.2, 0.25) is 0 Å². The summed E-state index contributed by atoms with van der Waals surface area (Å²) in [6.07, 6.45) is 0. The van der Waals surface area contributed by atoms with Crippen molar-refractivity contribution in [3.05, 3.63) is 70.3 Å². The van der Waals surface area contributed by atoms with Gasteiger partial charge in [0.2, 0.25) is 5.91 Å². The molecule has 2 rings (SSSR count). The molecule has 0 spiro atoms. The third-order valence-corrected chi connectivity index (χ3v) is 4.78. The fourth-order valence-corrected chi connectivity index (χ4v) is 3.15. The molecule has 0 saturated heterocycles. The molecule has 0 aliphatic rings. The van der Waals surface area contributed by atoms with Crippen molar-refractivity contribution in [1.29, 1.82) is 0 Å². The summed E-state index contributed by atoms with van der Waals surface area (Å²) in [5, 5.41) is 5.95. The monoisotopic (exact) mass is 366 g/mol. The van der Waals surface area contributed by atoms with E-state index in [4.69, 9.17) is 0 Å². The van der Waals surface area contributed by atoms with E-state index in [2.05, 4.69) is 28.8 Å². The van der Waals surface area contributed by atoms with Crippen molar-refractivity contribution in [3.8, 4) is 0 Å². The minimum absolute atomic E-state index is 0.0236. The summed E-state index contributed by atoms with van der Waals surface area (Å²) in [4.78, 5) is 25.5. The second-order valence-corrected chi connectivity index (χ2v) is 7.65. The van der Waals surface area contributed by atoms with E-state index in [0.29, 0.717) is 5.56 Å². The molecule has 144 valence electrons. The lowest BCUT2D eigenvalue weighted by Crippen LogP contribution is -2.50. The predicted molar refractivity (Wildman–Crippen MR) is 110 cm³/mol. The molecule has 0 fully saturated rings. The minimum Gasteiger partial charge on any atom is -0.348 e. The average molecular weight is 367 g/mol. The number of carbonyl (C=O) groups is 2. The highest BCUT2D eigenvalue weighted by molar-refractivity contribution is 5.97. The Bertz CT molecular complexity index is 827. The van der Waals surface area contributed by atoms with E-state index in [-0.39, 0.29) is 23.8 Å². The van der Waals surface area contributed by atoms with Gasteiger partial charge in [-0.3, -0.25) is 9.59 Å². The molecule has 2 aromatic carbocycles. The topological polar surface area (TPSA) is 58.2 Å². The van der Waals surface area contributed by atoms with Crippen LogP contribution in [0.25, 0.3) is 0 Å². The summed E-state index contributed by atoms with van der Waals surface area (Å²) in [7, 11) is 0. The molecule has 2 aromatic rings.